The van der Waals surface area contributed by atoms with Crippen LogP contribution in [0.4, 0.5) is 0 Å². The SMILES string of the molecule is COc1ccc2[nH]c(=S)n(CCC(N)=O)c2c1. The average Bonchev–Trinajstić information content (AvgIpc) is 2.61. The van der Waals surface area contributed by atoms with Gasteiger partial charge in [0, 0.05) is 19.0 Å². The van der Waals surface area contributed by atoms with Gasteiger partial charge in [-0.3, -0.25) is 4.79 Å². The molecule has 5 nitrogen and oxygen atoms in total. The number of aromatic nitrogens is 2. The van der Waals surface area contributed by atoms with Crippen LogP contribution in [0.5, 0.6) is 5.75 Å². The van der Waals surface area contributed by atoms with Crippen LogP contribution in [-0.4, -0.2) is 22.6 Å². The fourth-order valence-corrected chi connectivity index (χ4v) is 2.00. The Balaban J connectivity index is 2.48. The van der Waals surface area contributed by atoms with Gasteiger partial charge in [0.15, 0.2) is 4.77 Å². The number of fused-ring (bicyclic) bond motifs is 1. The first-order valence-corrected chi connectivity index (χ1v) is 5.57. The predicted molar refractivity (Wildman–Crippen MR) is 67.5 cm³/mol. The van der Waals surface area contributed by atoms with E-state index in [1.54, 1.807) is 7.11 Å². The summed E-state index contributed by atoms with van der Waals surface area (Å²) in [7, 11) is 1.61. The fourth-order valence-electron chi connectivity index (χ4n) is 1.70. The van der Waals surface area contributed by atoms with Gasteiger partial charge in [-0.05, 0) is 24.4 Å². The molecule has 0 aliphatic rings. The number of hydrogen-bond donors (Lipinski definition) is 2. The Morgan fingerprint density at radius 2 is 2.35 bits per heavy atom. The third kappa shape index (κ3) is 2.31. The first kappa shape index (κ1) is 11.7. The second kappa shape index (κ2) is 4.58. The average molecular weight is 251 g/mol. The monoisotopic (exact) mass is 251 g/mol. The minimum absolute atomic E-state index is 0.262. The molecule has 17 heavy (non-hydrogen) atoms. The number of amides is 1. The van der Waals surface area contributed by atoms with Gasteiger partial charge in [-0.25, -0.2) is 0 Å². The van der Waals surface area contributed by atoms with Crippen molar-refractivity contribution in [3.05, 3.63) is 23.0 Å². The highest BCUT2D eigenvalue weighted by atomic mass is 32.1. The zero-order valence-electron chi connectivity index (χ0n) is 9.40. The molecule has 1 heterocycles. The van der Waals surface area contributed by atoms with E-state index >= 15 is 0 Å². The van der Waals surface area contributed by atoms with Gasteiger partial charge in [-0.15, -0.1) is 0 Å². The van der Waals surface area contributed by atoms with Crippen LogP contribution < -0.4 is 10.5 Å². The van der Waals surface area contributed by atoms with Gasteiger partial charge in [0.05, 0.1) is 18.1 Å². The van der Waals surface area contributed by atoms with E-state index in [9.17, 15) is 4.79 Å². The lowest BCUT2D eigenvalue weighted by molar-refractivity contribution is -0.118. The number of aromatic amines is 1. The second-order valence-corrected chi connectivity index (χ2v) is 4.07. The van der Waals surface area contributed by atoms with Crippen molar-refractivity contribution in [3.8, 4) is 5.75 Å². The molecule has 0 bridgehead atoms. The highest BCUT2D eigenvalue weighted by Gasteiger charge is 2.06. The number of H-pyrrole nitrogens is 1. The number of nitrogens with zero attached hydrogens (tertiary/aromatic N) is 1. The molecule has 1 amide bonds. The first-order valence-electron chi connectivity index (χ1n) is 5.16. The molecule has 2 rings (SSSR count). The summed E-state index contributed by atoms with van der Waals surface area (Å²) in [5.41, 5.74) is 6.97. The Hall–Kier alpha value is -1.82. The Morgan fingerprint density at radius 1 is 1.59 bits per heavy atom. The third-order valence-electron chi connectivity index (χ3n) is 2.56. The lowest BCUT2D eigenvalue weighted by atomic mass is 10.3. The molecule has 0 unspecified atom stereocenters. The van der Waals surface area contributed by atoms with E-state index in [1.807, 2.05) is 22.8 Å². The molecule has 0 fully saturated rings. The molecule has 0 aliphatic heterocycles. The summed E-state index contributed by atoms with van der Waals surface area (Å²) in [5, 5.41) is 0. The summed E-state index contributed by atoms with van der Waals surface area (Å²) in [4.78, 5) is 13.9. The lowest BCUT2D eigenvalue weighted by Crippen LogP contribution is -2.13. The van der Waals surface area contributed by atoms with Gasteiger partial charge in [0.2, 0.25) is 5.91 Å². The van der Waals surface area contributed by atoms with Crippen LogP contribution in [0.3, 0.4) is 0 Å². The predicted octanol–water partition coefficient (Wildman–Crippen LogP) is 1.58. The number of hydrogen-bond acceptors (Lipinski definition) is 3. The molecule has 0 radical (unpaired) electrons. The maximum atomic E-state index is 10.8. The van der Waals surface area contributed by atoms with Crippen molar-refractivity contribution in [1.29, 1.82) is 0 Å². The number of nitrogens with two attached hydrogens (primary N) is 1. The fraction of sp³-hybridized carbons (Fsp3) is 0.273. The standard InChI is InChI=1S/C11H13N3O2S/c1-16-7-2-3-8-9(6-7)14(11(17)13-8)5-4-10(12)15/h2-3,6H,4-5H2,1H3,(H2,12,15)(H,13,17). The summed E-state index contributed by atoms with van der Waals surface area (Å²) in [6.07, 6.45) is 0.262. The molecule has 0 aliphatic carbocycles. The summed E-state index contributed by atoms with van der Waals surface area (Å²) >= 11 is 5.20. The molecule has 1 aromatic carbocycles. The number of aryl methyl sites for hydroxylation is 1. The van der Waals surface area contributed by atoms with E-state index in [-0.39, 0.29) is 12.3 Å². The van der Waals surface area contributed by atoms with E-state index in [0.29, 0.717) is 11.3 Å². The van der Waals surface area contributed by atoms with Crippen molar-refractivity contribution < 1.29 is 9.53 Å². The van der Waals surface area contributed by atoms with Gasteiger partial charge in [-0.2, -0.15) is 0 Å². The van der Waals surface area contributed by atoms with Crippen LogP contribution >= 0.6 is 12.2 Å². The van der Waals surface area contributed by atoms with Crippen LogP contribution in [0.1, 0.15) is 6.42 Å². The molecule has 0 saturated carbocycles. The Kier molecular flexibility index (Phi) is 3.14. The quantitative estimate of drug-likeness (QED) is 0.810. The van der Waals surface area contributed by atoms with Crippen LogP contribution in [0, 0.1) is 4.77 Å². The van der Waals surface area contributed by atoms with Gasteiger partial charge >= 0.3 is 0 Å². The number of carbonyl (C=O) groups is 1. The maximum Gasteiger partial charge on any atom is 0.219 e. The number of carbonyl (C=O) groups excluding carboxylic acids is 1. The Labute approximate surface area is 103 Å². The Bertz CT molecular complexity index is 615. The van der Waals surface area contributed by atoms with E-state index in [0.717, 1.165) is 16.8 Å². The highest BCUT2D eigenvalue weighted by molar-refractivity contribution is 7.71. The molecule has 2 aromatic rings. The molecule has 3 N–H and O–H groups in total. The summed E-state index contributed by atoms with van der Waals surface area (Å²) in [6, 6.07) is 5.62. The zero-order valence-corrected chi connectivity index (χ0v) is 10.2. The smallest absolute Gasteiger partial charge is 0.219 e. The Morgan fingerprint density at radius 3 is 3.00 bits per heavy atom. The van der Waals surface area contributed by atoms with Gasteiger partial charge in [0.1, 0.15) is 5.75 Å². The maximum absolute atomic E-state index is 10.8. The topological polar surface area (TPSA) is 73.0 Å². The van der Waals surface area contributed by atoms with E-state index in [2.05, 4.69) is 4.98 Å². The lowest BCUT2D eigenvalue weighted by Gasteiger charge is -2.04. The minimum Gasteiger partial charge on any atom is -0.497 e. The van der Waals surface area contributed by atoms with Gasteiger partial charge in [-0.1, -0.05) is 0 Å². The highest BCUT2D eigenvalue weighted by Crippen LogP contribution is 2.20. The van der Waals surface area contributed by atoms with Crippen LogP contribution in [0.15, 0.2) is 18.2 Å². The second-order valence-electron chi connectivity index (χ2n) is 3.68. The normalized spacial score (nSPS) is 10.6. The summed E-state index contributed by atoms with van der Waals surface area (Å²) < 4.78 is 7.58. The van der Waals surface area contributed by atoms with Crippen LogP contribution in [0.25, 0.3) is 11.0 Å². The first-order chi connectivity index (χ1) is 8.11. The van der Waals surface area contributed by atoms with Gasteiger partial charge in [0.25, 0.3) is 0 Å². The summed E-state index contributed by atoms with van der Waals surface area (Å²) in [5.74, 6) is 0.406. The van der Waals surface area contributed by atoms with Crippen LogP contribution in [0.2, 0.25) is 0 Å². The van der Waals surface area contributed by atoms with Crippen molar-refractivity contribution in [3.63, 3.8) is 0 Å². The van der Waals surface area contributed by atoms with E-state index < -0.39 is 0 Å². The third-order valence-corrected chi connectivity index (χ3v) is 2.89. The van der Waals surface area contributed by atoms with Gasteiger partial charge < -0.3 is 20.0 Å². The van der Waals surface area contributed by atoms with E-state index in [4.69, 9.17) is 22.7 Å². The number of nitrogens with one attached hydrogen (secondary N) is 1. The van der Waals surface area contributed by atoms with Crippen molar-refractivity contribution in [1.82, 2.24) is 9.55 Å². The van der Waals surface area contributed by atoms with Crippen LogP contribution in [-0.2, 0) is 11.3 Å². The molecule has 0 saturated heterocycles. The number of primary amides is 1. The largest absolute Gasteiger partial charge is 0.497 e. The van der Waals surface area contributed by atoms with Crippen molar-refractivity contribution >= 4 is 29.2 Å². The molecule has 90 valence electrons. The minimum atomic E-state index is -0.343. The number of benzene rings is 1. The molecule has 6 heteroatoms. The van der Waals surface area contributed by atoms with Crippen molar-refractivity contribution in [2.24, 2.45) is 5.73 Å². The molecule has 1 aromatic heterocycles. The number of imidazole rings is 1. The molecular weight excluding hydrogens is 238 g/mol. The number of rotatable bonds is 4. The summed E-state index contributed by atoms with van der Waals surface area (Å²) in [6.45, 7) is 0.474. The molecular formula is C11H13N3O2S. The zero-order chi connectivity index (χ0) is 12.4. The van der Waals surface area contributed by atoms with Crippen molar-refractivity contribution in [2.75, 3.05) is 7.11 Å². The molecule has 0 spiro atoms. The van der Waals surface area contributed by atoms with Crippen molar-refractivity contribution in [2.45, 2.75) is 13.0 Å². The van der Waals surface area contributed by atoms with E-state index in [1.165, 1.54) is 0 Å². The number of methoxy groups -OCH3 is 1. The number of ether oxygens (including phenoxy) is 1. The molecule has 0 atom stereocenters.